The zero-order valence-corrected chi connectivity index (χ0v) is 11.6. The lowest BCUT2D eigenvalue weighted by Gasteiger charge is -2.02. The second kappa shape index (κ2) is 13.6. The van der Waals surface area contributed by atoms with Crippen molar-refractivity contribution in [2.45, 2.75) is 45.4 Å². The quantitative estimate of drug-likeness (QED) is 0.492. The summed E-state index contributed by atoms with van der Waals surface area (Å²) in [5, 5.41) is 17.6. The normalized spacial score (nSPS) is 11.1. The van der Waals surface area contributed by atoms with E-state index in [2.05, 4.69) is 18.8 Å². The molecule has 0 aliphatic carbocycles. The Kier molecular flexibility index (Phi) is 13.3. The number of thioether (sulfide) groups is 1. The molecule has 0 saturated heterocycles. The number of unbranched alkanes of at least 4 members (excludes halogenated alkanes) is 5. The van der Waals surface area contributed by atoms with Gasteiger partial charge in [-0.15, -0.1) is 11.8 Å². The van der Waals surface area contributed by atoms with Gasteiger partial charge >= 0.3 is 0 Å². The number of allylic oxidation sites excluding steroid dienone is 1. The number of hydrogen-bond acceptors (Lipinski definition) is 3. The second-order valence-corrected chi connectivity index (χ2v) is 5.09. The lowest BCUT2D eigenvalue weighted by molar-refractivity contribution is 0.339. The van der Waals surface area contributed by atoms with Gasteiger partial charge in [-0.3, -0.25) is 0 Å². The summed E-state index contributed by atoms with van der Waals surface area (Å²) >= 11 is 1.66. The maximum atomic E-state index is 9.08. The molecule has 17 heavy (non-hydrogen) atoms. The van der Waals surface area contributed by atoms with E-state index in [0.29, 0.717) is 0 Å². The number of hydrogen-bond donors (Lipinski definition) is 2. The van der Waals surface area contributed by atoms with Gasteiger partial charge in [0, 0.05) is 11.0 Å². The Morgan fingerprint density at radius 1 is 1.12 bits per heavy atom. The molecule has 0 radical (unpaired) electrons. The van der Waals surface area contributed by atoms with Crippen LogP contribution in [0.5, 0.6) is 0 Å². The molecule has 0 aliphatic heterocycles. The first-order valence-corrected chi connectivity index (χ1v) is 7.35. The van der Waals surface area contributed by atoms with E-state index >= 15 is 0 Å². The van der Waals surface area contributed by atoms with Gasteiger partial charge in [0.25, 0.3) is 0 Å². The van der Waals surface area contributed by atoms with Crippen LogP contribution in [0.2, 0.25) is 0 Å². The van der Waals surface area contributed by atoms with Crippen molar-refractivity contribution in [1.82, 2.24) is 0 Å². The molecule has 0 aromatic rings. The molecule has 0 aromatic carbocycles. The van der Waals surface area contributed by atoms with E-state index < -0.39 is 0 Å². The summed E-state index contributed by atoms with van der Waals surface area (Å²) in [4.78, 5) is 0.888. The average Bonchev–Trinajstić information content (AvgIpc) is 2.35. The number of aliphatic hydroxyl groups is 2. The molecule has 0 amide bonds. The molecule has 0 rings (SSSR count). The first kappa shape index (κ1) is 16.6. The first-order valence-electron chi connectivity index (χ1n) is 6.37. The van der Waals surface area contributed by atoms with Crippen LogP contribution < -0.4 is 0 Å². The van der Waals surface area contributed by atoms with E-state index in [-0.39, 0.29) is 13.2 Å². The molecule has 0 spiro atoms. The predicted octanol–water partition coefficient (Wildman–Crippen LogP) is 2.95. The first-order chi connectivity index (χ1) is 8.35. The highest BCUT2D eigenvalue weighted by Gasteiger charge is 1.96. The van der Waals surface area contributed by atoms with Crippen LogP contribution >= 0.6 is 11.8 Å². The lowest BCUT2D eigenvalue weighted by Crippen LogP contribution is -1.88. The lowest BCUT2D eigenvalue weighted by atomic mass is 10.1. The van der Waals surface area contributed by atoms with Crippen LogP contribution in [0.3, 0.4) is 0 Å². The van der Waals surface area contributed by atoms with Crippen molar-refractivity contribution in [3.8, 4) is 11.8 Å². The van der Waals surface area contributed by atoms with Crippen molar-refractivity contribution in [2.75, 3.05) is 19.0 Å². The van der Waals surface area contributed by atoms with Crippen LogP contribution in [0.25, 0.3) is 0 Å². The van der Waals surface area contributed by atoms with E-state index in [1.807, 2.05) is 0 Å². The van der Waals surface area contributed by atoms with Crippen molar-refractivity contribution in [1.29, 1.82) is 0 Å². The van der Waals surface area contributed by atoms with Gasteiger partial charge in [-0.2, -0.15) is 0 Å². The number of rotatable bonds is 9. The topological polar surface area (TPSA) is 40.5 Å². The summed E-state index contributed by atoms with van der Waals surface area (Å²) in [6.07, 6.45) is 9.44. The number of aliphatic hydroxyl groups excluding tert-OH is 2. The minimum atomic E-state index is -0.128. The maximum absolute atomic E-state index is 9.08. The van der Waals surface area contributed by atoms with Gasteiger partial charge in [0.1, 0.15) is 6.61 Å². The highest BCUT2D eigenvalue weighted by Crippen LogP contribution is 2.17. The Morgan fingerprint density at radius 2 is 1.82 bits per heavy atom. The van der Waals surface area contributed by atoms with Crippen LogP contribution in [-0.2, 0) is 0 Å². The fraction of sp³-hybridized carbons (Fsp3) is 0.714. The summed E-state index contributed by atoms with van der Waals surface area (Å²) < 4.78 is 0. The smallest absolute Gasteiger partial charge is 0.104 e. The van der Waals surface area contributed by atoms with Gasteiger partial charge in [-0.25, -0.2) is 0 Å². The highest BCUT2D eigenvalue weighted by molar-refractivity contribution is 8.03. The largest absolute Gasteiger partial charge is 0.391 e. The van der Waals surface area contributed by atoms with Crippen molar-refractivity contribution in [2.24, 2.45) is 0 Å². The molecule has 0 unspecified atom stereocenters. The van der Waals surface area contributed by atoms with Gasteiger partial charge in [-0.05, 0) is 12.2 Å². The summed E-state index contributed by atoms with van der Waals surface area (Å²) in [6, 6.07) is 0. The molecule has 98 valence electrons. The van der Waals surface area contributed by atoms with Crippen molar-refractivity contribution >= 4 is 11.8 Å². The molecule has 2 nitrogen and oxygen atoms in total. The third-order valence-electron chi connectivity index (χ3n) is 2.36. The van der Waals surface area contributed by atoms with Gasteiger partial charge in [0.2, 0.25) is 0 Å². The van der Waals surface area contributed by atoms with Crippen LogP contribution in [-0.4, -0.2) is 29.2 Å². The van der Waals surface area contributed by atoms with Crippen LogP contribution in [0.4, 0.5) is 0 Å². The van der Waals surface area contributed by atoms with Crippen molar-refractivity contribution in [3.63, 3.8) is 0 Å². The Hall–Kier alpha value is -0.430. The predicted molar refractivity (Wildman–Crippen MR) is 75.9 cm³/mol. The van der Waals surface area contributed by atoms with E-state index in [0.717, 1.165) is 10.7 Å². The SMILES string of the molecule is CCCCCCCCS/C(=C\C#CCO)CO. The fourth-order valence-corrected chi connectivity index (χ4v) is 2.24. The zero-order valence-electron chi connectivity index (χ0n) is 10.7. The minimum absolute atomic E-state index is 0.0423. The van der Waals surface area contributed by atoms with Crippen LogP contribution in [0.15, 0.2) is 11.0 Å². The molecule has 0 bridgehead atoms. The summed E-state index contributed by atoms with van der Waals surface area (Å²) in [6.45, 7) is 2.14. The van der Waals surface area contributed by atoms with Crippen molar-refractivity contribution < 1.29 is 10.2 Å². The second-order valence-electron chi connectivity index (χ2n) is 3.86. The standard InChI is InChI=1S/C14H24O2S/c1-2-3-4-5-6-9-12-17-14(13-16)10-7-8-11-15/h10,15-16H,2-6,9,11-13H2,1H3/b14-10-. The summed E-state index contributed by atoms with van der Waals surface area (Å²) in [7, 11) is 0. The maximum Gasteiger partial charge on any atom is 0.104 e. The van der Waals surface area contributed by atoms with E-state index in [4.69, 9.17) is 10.2 Å². The molecule has 0 aliphatic rings. The highest BCUT2D eigenvalue weighted by atomic mass is 32.2. The van der Waals surface area contributed by atoms with Gasteiger partial charge < -0.3 is 10.2 Å². The van der Waals surface area contributed by atoms with Crippen molar-refractivity contribution in [3.05, 3.63) is 11.0 Å². The van der Waals surface area contributed by atoms with Gasteiger partial charge in [0.05, 0.1) is 6.61 Å². The fourth-order valence-electron chi connectivity index (χ4n) is 1.40. The molecule has 2 N–H and O–H groups in total. The van der Waals surface area contributed by atoms with E-state index in [1.165, 1.54) is 38.5 Å². The molecular weight excluding hydrogens is 232 g/mol. The molecule has 0 fully saturated rings. The van der Waals surface area contributed by atoms with Crippen LogP contribution in [0, 0.1) is 11.8 Å². The van der Waals surface area contributed by atoms with E-state index in [9.17, 15) is 0 Å². The molecule has 0 saturated carbocycles. The third-order valence-corrected chi connectivity index (χ3v) is 3.47. The third kappa shape index (κ3) is 11.8. The molecular formula is C14H24O2S. The Bertz CT molecular complexity index is 251. The van der Waals surface area contributed by atoms with E-state index in [1.54, 1.807) is 17.8 Å². The molecule has 3 heteroatoms. The monoisotopic (exact) mass is 256 g/mol. The summed E-state index contributed by atoms with van der Waals surface area (Å²) in [5.41, 5.74) is 0. The molecule has 0 atom stereocenters. The zero-order chi connectivity index (χ0) is 12.8. The summed E-state index contributed by atoms with van der Waals surface area (Å²) in [5.74, 6) is 6.30. The Morgan fingerprint density at radius 3 is 2.47 bits per heavy atom. The van der Waals surface area contributed by atoms with Crippen LogP contribution in [0.1, 0.15) is 45.4 Å². The Labute approximate surface area is 110 Å². The Balaban J connectivity index is 3.53. The van der Waals surface area contributed by atoms with Gasteiger partial charge in [-0.1, -0.05) is 50.9 Å². The minimum Gasteiger partial charge on any atom is -0.391 e. The average molecular weight is 256 g/mol. The molecule has 0 aromatic heterocycles. The molecule has 0 heterocycles. The van der Waals surface area contributed by atoms with Gasteiger partial charge in [0.15, 0.2) is 0 Å².